The average molecular weight is 335 g/mol. The molecule has 1 aromatic rings. The molecule has 8 heteroatoms. The van der Waals surface area contributed by atoms with Gasteiger partial charge in [-0.15, -0.1) is 0 Å². The number of nitrogens with one attached hydrogen (secondary N) is 2. The van der Waals surface area contributed by atoms with Crippen molar-refractivity contribution in [2.24, 2.45) is 4.99 Å². The lowest BCUT2D eigenvalue weighted by Gasteiger charge is -2.12. The van der Waals surface area contributed by atoms with E-state index in [9.17, 15) is 17.6 Å². The number of halogens is 4. The zero-order chi connectivity index (χ0) is 17.3. The predicted octanol–water partition coefficient (Wildman–Crippen LogP) is 2.77. The molecule has 0 aromatic heterocycles. The lowest BCUT2D eigenvalue weighted by Crippen LogP contribution is -2.37. The Hall–Kier alpha value is -1.83. The maximum Gasteiger partial charge on any atom is 0.411 e. The third-order valence-corrected chi connectivity index (χ3v) is 2.94. The third-order valence-electron chi connectivity index (χ3n) is 2.94. The van der Waals surface area contributed by atoms with Gasteiger partial charge in [0.05, 0.1) is 0 Å². The van der Waals surface area contributed by atoms with Gasteiger partial charge in [0.25, 0.3) is 0 Å². The number of hydrogen-bond donors (Lipinski definition) is 2. The van der Waals surface area contributed by atoms with Gasteiger partial charge in [-0.25, -0.2) is 4.39 Å². The molecule has 0 radical (unpaired) electrons. The largest absolute Gasteiger partial charge is 0.411 e. The van der Waals surface area contributed by atoms with Crippen LogP contribution >= 0.6 is 0 Å². The Morgan fingerprint density at radius 3 is 2.61 bits per heavy atom. The van der Waals surface area contributed by atoms with Gasteiger partial charge in [-0.1, -0.05) is 12.1 Å². The van der Waals surface area contributed by atoms with Gasteiger partial charge < -0.3 is 15.4 Å². The van der Waals surface area contributed by atoms with Crippen molar-refractivity contribution in [3.63, 3.8) is 0 Å². The van der Waals surface area contributed by atoms with Gasteiger partial charge in [-0.05, 0) is 30.5 Å². The van der Waals surface area contributed by atoms with Gasteiger partial charge in [-0.2, -0.15) is 13.2 Å². The van der Waals surface area contributed by atoms with Crippen LogP contribution in [0.1, 0.15) is 17.5 Å². The number of hydrogen-bond acceptors (Lipinski definition) is 2. The predicted molar refractivity (Wildman–Crippen MR) is 80.8 cm³/mol. The van der Waals surface area contributed by atoms with Crippen LogP contribution in [0.4, 0.5) is 17.6 Å². The van der Waals surface area contributed by atoms with Crippen molar-refractivity contribution in [1.29, 1.82) is 0 Å². The van der Waals surface area contributed by atoms with E-state index < -0.39 is 12.8 Å². The zero-order valence-corrected chi connectivity index (χ0v) is 13.1. The van der Waals surface area contributed by atoms with E-state index in [4.69, 9.17) is 0 Å². The van der Waals surface area contributed by atoms with Gasteiger partial charge in [0.15, 0.2) is 5.96 Å². The van der Waals surface area contributed by atoms with Crippen LogP contribution in [0.15, 0.2) is 23.2 Å². The molecule has 0 unspecified atom stereocenters. The molecule has 0 aliphatic heterocycles. The molecule has 1 aromatic carbocycles. The molecule has 0 aliphatic carbocycles. The molecule has 0 aliphatic rings. The van der Waals surface area contributed by atoms with E-state index in [-0.39, 0.29) is 12.4 Å². The van der Waals surface area contributed by atoms with E-state index in [0.717, 1.165) is 5.56 Å². The first-order chi connectivity index (χ1) is 10.8. The Morgan fingerprint density at radius 2 is 2.00 bits per heavy atom. The number of alkyl halides is 3. The molecular weight excluding hydrogens is 314 g/mol. The highest BCUT2D eigenvalue weighted by atomic mass is 19.4. The summed E-state index contributed by atoms with van der Waals surface area (Å²) in [5, 5.41) is 5.95. The van der Waals surface area contributed by atoms with Crippen LogP contribution in [-0.4, -0.2) is 38.9 Å². The molecule has 0 fully saturated rings. The highest BCUT2D eigenvalue weighted by molar-refractivity contribution is 5.79. The monoisotopic (exact) mass is 335 g/mol. The average Bonchev–Trinajstić information content (AvgIpc) is 2.48. The maximum absolute atomic E-state index is 13.4. The minimum atomic E-state index is -4.30. The molecule has 0 heterocycles. The fourth-order valence-corrected chi connectivity index (χ4v) is 1.72. The minimum Gasteiger partial charge on any atom is -0.372 e. The molecule has 0 amide bonds. The molecule has 1 rings (SSSR count). The maximum atomic E-state index is 13.4. The van der Waals surface area contributed by atoms with Crippen LogP contribution in [0, 0.1) is 12.7 Å². The molecule has 4 nitrogen and oxygen atoms in total. The van der Waals surface area contributed by atoms with E-state index in [1.165, 1.54) is 6.07 Å². The fourth-order valence-electron chi connectivity index (χ4n) is 1.72. The van der Waals surface area contributed by atoms with Crippen molar-refractivity contribution >= 4 is 5.96 Å². The quantitative estimate of drug-likeness (QED) is 0.349. The lowest BCUT2D eigenvalue weighted by molar-refractivity contribution is -0.173. The molecule has 2 N–H and O–H groups in total. The normalized spacial score (nSPS) is 12.3. The third kappa shape index (κ3) is 8.39. The fraction of sp³-hybridized carbons (Fsp3) is 0.533. The second-order valence-corrected chi connectivity index (χ2v) is 4.96. The van der Waals surface area contributed by atoms with Crippen LogP contribution in [0.2, 0.25) is 0 Å². The Bertz CT molecular complexity index is 518. The summed E-state index contributed by atoms with van der Waals surface area (Å²) in [7, 11) is 1.57. The summed E-state index contributed by atoms with van der Waals surface area (Å²) in [6.07, 6.45) is -3.88. The summed E-state index contributed by atoms with van der Waals surface area (Å²) in [4.78, 5) is 3.98. The summed E-state index contributed by atoms with van der Waals surface area (Å²) in [5.74, 6) is 0.218. The van der Waals surface area contributed by atoms with Crippen LogP contribution in [0.25, 0.3) is 0 Å². The molecule has 130 valence electrons. The van der Waals surface area contributed by atoms with E-state index in [1.807, 2.05) is 6.07 Å². The molecule has 0 bridgehead atoms. The number of guanidine groups is 1. The second-order valence-electron chi connectivity index (χ2n) is 4.96. The first-order valence-corrected chi connectivity index (χ1v) is 7.16. The molecule has 0 atom stereocenters. The minimum absolute atomic E-state index is 0.00662. The number of benzene rings is 1. The van der Waals surface area contributed by atoms with Crippen molar-refractivity contribution in [2.75, 3.05) is 26.8 Å². The smallest absolute Gasteiger partial charge is 0.372 e. The molecule has 0 saturated carbocycles. The lowest BCUT2D eigenvalue weighted by atomic mass is 10.1. The first kappa shape index (κ1) is 19.2. The van der Waals surface area contributed by atoms with Gasteiger partial charge in [0.1, 0.15) is 12.4 Å². The van der Waals surface area contributed by atoms with Crippen molar-refractivity contribution in [2.45, 2.75) is 26.1 Å². The summed E-state index contributed by atoms with van der Waals surface area (Å²) in [5.41, 5.74) is 1.35. The highest BCUT2D eigenvalue weighted by Gasteiger charge is 2.27. The van der Waals surface area contributed by atoms with Crippen molar-refractivity contribution in [3.05, 3.63) is 35.1 Å². The van der Waals surface area contributed by atoms with E-state index in [2.05, 4.69) is 20.4 Å². The summed E-state index contributed by atoms with van der Waals surface area (Å²) >= 11 is 0. The first-order valence-electron chi connectivity index (χ1n) is 7.16. The van der Waals surface area contributed by atoms with Crippen LogP contribution in [0.5, 0.6) is 0 Å². The van der Waals surface area contributed by atoms with E-state index in [0.29, 0.717) is 31.0 Å². The Balaban J connectivity index is 2.23. The number of aliphatic imine (C=N–C) groups is 1. The second kappa shape index (κ2) is 9.34. The number of ether oxygens (including phenoxy) is 1. The molecule has 0 saturated heterocycles. The summed E-state index contributed by atoms with van der Waals surface area (Å²) < 4.78 is 53.5. The van der Waals surface area contributed by atoms with Gasteiger partial charge in [0.2, 0.25) is 0 Å². The van der Waals surface area contributed by atoms with Crippen molar-refractivity contribution < 1.29 is 22.3 Å². The number of aryl methyl sites for hydroxylation is 1. The SMILES string of the molecule is CN=C(NCCCOCC(F)(F)F)NCc1ccc(C)c(F)c1. The number of nitrogens with zero attached hydrogens (tertiary/aromatic N) is 1. The standard InChI is InChI=1S/C15H21F4N3O/c1-11-4-5-12(8-13(11)16)9-22-14(20-2)21-6-3-7-23-10-15(17,18)19/h4-5,8H,3,6-7,9-10H2,1-2H3,(H2,20,21,22). The summed E-state index contributed by atoms with van der Waals surface area (Å²) in [6.45, 7) is 1.26. The van der Waals surface area contributed by atoms with Gasteiger partial charge in [-0.3, -0.25) is 4.99 Å². The molecule has 0 spiro atoms. The Morgan fingerprint density at radius 1 is 1.26 bits per heavy atom. The molecule has 23 heavy (non-hydrogen) atoms. The molecular formula is C15H21F4N3O. The highest BCUT2D eigenvalue weighted by Crippen LogP contribution is 2.14. The van der Waals surface area contributed by atoms with Crippen LogP contribution in [-0.2, 0) is 11.3 Å². The van der Waals surface area contributed by atoms with E-state index in [1.54, 1.807) is 20.0 Å². The van der Waals surface area contributed by atoms with E-state index >= 15 is 0 Å². The van der Waals surface area contributed by atoms with Gasteiger partial charge in [0, 0.05) is 26.7 Å². The van der Waals surface area contributed by atoms with Crippen molar-refractivity contribution in [1.82, 2.24) is 10.6 Å². The van der Waals surface area contributed by atoms with Crippen molar-refractivity contribution in [3.8, 4) is 0 Å². The number of rotatable bonds is 7. The van der Waals surface area contributed by atoms with Crippen LogP contribution in [0.3, 0.4) is 0 Å². The Kier molecular flexibility index (Phi) is 7.80. The van der Waals surface area contributed by atoms with Crippen LogP contribution < -0.4 is 10.6 Å². The Labute approximate surface area is 132 Å². The van der Waals surface area contributed by atoms with Gasteiger partial charge >= 0.3 is 6.18 Å². The zero-order valence-electron chi connectivity index (χ0n) is 13.1. The topological polar surface area (TPSA) is 45.7 Å². The summed E-state index contributed by atoms with van der Waals surface area (Å²) in [6, 6.07) is 4.95.